The smallest absolute Gasteiger partial charge is 0.255 e. The van der Waals surface area contributed by atoms with Crippen LogP contribution < -0.4 is 10.2 Å². The molecule has 0 aliphatic carbocycles. The number of hydrogen-bond acceptors (Lipinski definition) is 4. The first-order chi connectivity index (χ1) is 9.90. The van der Waals surface area contributed by atoms with Gasteiger partial charge in [-0.1, -0.05) is 6.07 Å². The van der Waals surface area contributed by atoms with E-state index < -0.39 is 0 Å². The molecule has 2 aromatic heterocycles. The number of rotatable bonds is 4. The van der Waals surface area contributed by atoms with Crippen LogP contribution in [0.1, 0.15) is 27.4 Å². The Bertz CT molecular complexity index is 660. The highest BCUT2D eigenvalue weighted by Crippen LogP contribution is 2.12. The van der Waals surface area contributed by atoms with E-state index in [1.165, 1.54) is 0 Å². The number of nitrogens with one attached hydrogen (secondary N) is 1. The number of anilines is 1. The van der Waals surface area contributed by atoms with Gasteiger partial charge in [-0.05, 0) is 26.0 Å². The summed E-state index contributed by atoms with van der Waals surface area (Å²) < 4.78 is 1.72. The average molecular weight is 287 g/mol. The SMILES string of the molecule is Cc1nn(C)c(C)c1C(=O)NCc1cccc(N(C)C)n1. The van der Waals surface area contributed by atoms with E-state index in [2.05, 4.69) is 15.4 Å². The van der Waals surface area contributed by atoms with Gasteiger partial charge in [0.25, 0.3) is 5.91 Å². The van der Waals surface area contributed by atoms with Gasteiger partial charge in [0.2, 0.25) is 0 Å². The number of aryl methyl sites for hydroxylation is 2. The first-order valence-corrected chi connectivity index (χ1v) is 6.81. The lowest BCUT2D eigenvalue weighted by Gasteiger charge is -2.12. The standard InChI is InChI=1S/C15H21N5O/c1-10-14(11(2)20(5)18-10)15(21)16-9-12-7-6-8-13(17-12)19(3)4/h6-8H,9H2,1-5H3,(H,16,21). The van der Waals surface area contributed by atoms with Crippen LogP contribution in [-0.2, 0) is 13.6 Å². The van der Waals surface area contributed by atoms with Crippen LogP contribution in [0, 0.1) is 13.8 Å². The van der Waals surface area contributed by atoms with E-state index in [1.54, 1.807) is 4.68 Å². The summed E-state index contributed by atoms with van der Waals surface area (Å²) in [5.74, 6) is 0.755. The highest BCUT2D eigenvalue weighted by Gasteiger charge is 2.17. The number of amides is 1. The Morgan fingerprint density at radius 1 is 1.33 bits per heavy atom. The Kier molecular flexibility index (Phi) is 4.26. The first kappa shape index (κ1) is 15.0. The van der Waals surface area contributed by atoms with E-state index in [0.29, 0.717) is 12.1 Å². The van der Waals surface area contributed by atoms with Crippen molar-refractivity contribution in [3.63, 3.8) is 0 Å². The minimum Gasteiger partial charge on any atom is -0.363 e. The average Bonchev–Trinajstić information content (AvgIpc) is 2.70. The number of pyridine rings is 1. The van der Waals surface area contributed by atoms with Gasteiger partial charge in [0.1, 0.15) is 5.82 Å². The molecular weight excluding hydrogens is 266 g/mol. The molecule has 0 saturated carbocycles. The molecule has 2 heterocycles. The van der Waals surface area contributed by atoms with E-state index in [9.17, 15) is 4.79 Å². The Morgan fingerprint density at radius 3 is 2.62 bits per heavy atom. The van der Waals surface area contributed by atoms with Crippen molar-refractivity contribution >= 4 is 11.7 Å². The summed E-state index contributed by atoms with van der Waals surface area (Å²) in [6, 6.07) is 5.77. The van der Waals surface area contributed by atoms with Crippen molar-refractivity contribution in [2.45, 2.75) is 20.4 Å². The lowest BCUT2D eigenvalue weighted by atomic mass is 10.2. The summed E-state index contributed by atoms with van der Waals surface area (Å²) in [7, 11) is 5.71. The van der Waals surface area contributed by atoms with Crippen molar-refractivity contribution in [1.82, 2.24) is 20.1 Å². The fourth-order valence-corrected chi connectivity index (χ4v) is 2.18. The third kappa shape index (κ3) is 3.21. The summed E-state index contributed by atoms with van der Waals surface area (Å²) >= 11 is 0. The van der Waals surface area contributed by atoms with E-state index in [1.807, 2.05) is 58.1 Å². The molecule has 0 radical (unpaired) electrons. The molecule has 2 aromatic rings. The normalized spacial score (nSPS) is 10.5. The summed E-state index contributed by atoms with van der Waals surface area (Å²) in [6.45, 7) is 4.13. The lowest BCUT2D eigenvalue weighted by molar-refractivity contribution is 0.0949. The van der Waals surface area contributed by atoms with Crippen LogP contribution in [0.4, 0.5) is 5.82 Å². The predicted molar refractivity (Wildman–Crippen MR) is 82.4 cm³/mol. The Hall–Kier alpha value is -2.37. The molecule has 0 fully saturated rings. The van der Waals surface area contributed by atoms with Gasteiger partial charge in [0.05, 0.1) is 23.5 Å². The fourth-order valence-electron chi connectivity index (χ4n) is 2.18. The van der Waals surface area contributed by atoms with Crippen LogP contribution in [0.15, 0.2) is 18.2 Å². The molecule has 1 amide bonds. The maximum atomic E-state index is 12.3. The second-order valence-electron chi connectivity index (χ2n) is 5.23. The molecule has 6 heteroatoms. The molecule has 2 rings (SSSR count). The second kappa shape index (κ2) is 5.95. The zero-order valence-corrected chi connectivity index (χ0v) is 13.1. The van der Waals surface area contributed by atoms with Crippen LogP contribution in [0.25, 0.3) is 0 Å². The van der Waals surface area contributed by atoms with Gasteiger partial charge in [0, 0.05) is 26.8 Å². The van der Waals surface area contributed by atoms with Crippen LogP contribution in [0.2, 0.25) is 0 Å². The molecule has 0 bridgehead atoms. The first-order valence-electron chi connectivity index (χ1n) is 6.81. The molecule has 6 nitrogen and oxygen atoms in total. The predicted octanol–water partition coefficient (Wildman–Crippen LogP) is 1.43. The van der Waals surface area contributed by atoms with Crippen LogP contribution in [-0.4, -0.2) is 34.8 Å². The minimum absolute atomic E-state index is 0.116. The Morgan fingerprint density at radius 2 is 2.05 bits per heavy atom. The van der Waals surface area contributed by atoms with E-state index in [-0.39, 0.29) is 5.91 Å². The Balaban J connectivity index is 2.09. The van der Waals surface area contributed by atoms with Gasteiger partial charge >= 0.3 is 0 Å². The number of carbonyl (C=O) groups excluding carboxylic acids is 1. The topological polar surface area (TPSA) is 63.1 Å². The lowest BCUT2D eigenvalue weighted by Crippen LogP contribution is -2.25. The summed E-state index contributed by atoms with van der Waals surface area (Å²) in [5.41, 5.74) is 3.07. The molecule has 0 atom stereocenters. The number of aromatic nitrogens is 3. The molecule has 0 aliphatic heterocycles. The molecule has 0 unspecified atom stereocenters. The van der Waals surface area contributed by atoms with Gasteiger partial charge in [-0.15, -0.1) is 0 Å². The van der Waals surface area contributed by atoms with Gasteiger partial charge in [-0.3, -0.25) is 9.48 Å². The van der Waals surface area contributed by atoms with Crippen LogP contribution in [0.3, 0.4) is 0 Å². The molecule has 0 aliphatic rings. The highest BCUT2D eigenvalue weighted by atomic mass is 16.1. The fraction of sp³-hybridized carbons (Fsp3) is 0.400. The molecule has 0 saturated heterocycles. The summed E-state index contributed by atoms with van der Waals surface area (Å²) in [5, 5.41) is 7.16. The maximum Gasteiger partial charge on any atom is 0.255 e. The molecule has 0 spiro atoms. The second-order valence-corrected chi connectivity index (χ2v) is 5.23. The van der Waals surface area contributed by atoms with Crippen LogP contribution in [0.5, 0.6) is 0 Å². The zero-order valence-electron chi connectivity index (χ0n) is 13.1. The molecule has 112 valence electrons. The van der Waals surface area contributed by atoms with Crippen molar-refractivity contribution < 1.29 is 4.79 Å². The number of hydrogen-bond donors (Lipinski definition) is 1. The molecule has 1 N–H and O–H groups in total. The largest absolute Gasteiger partial charge is 0.363 e. The third-order valence-electron chi connectivity index (χ3n) is 3.42. The minimum atomic E-state index is -0.116. The van der Waals surface area contributed by atoms with E-state index >= 15 is 0 Å². The van der Waals surface area contributed by atoms with Crippen molar-refractivity contribution in [1.29, 1.82) is 0 Å². The van der Waals surface area contributed by atoms with Gasteiger partial charge in [-0.2, -0.15) is 5.10 Å². The monoisotopic (exact) mass is 287 g/mol. The molecular formula is C15H21N5O. The van der Waals surface area contributed by atoms with Crippen molar-refractivity contribution in [3.8, 4) is 0 Å². The Labute approximate surface area is 124 Å². The summed E-state index contributed by atoms with van der Waals surface area (Å²) in [4.78, 5) is 18.7. The van der Waals surface area contributed by atoms with Crippen molar-refractivity contribution in [2.75, 3.05) is 19.0 Å². The highest BCUT2D eigenvalue weighted by molar-refractivity contribution is 5.96. The quantitative estimate of drug-likeness (QED) is 0.924. The van der Waals surface area contributed by atoms with E-state index in [4.69, 9.17) is 0 Å². The molecule has 0 aromatic carbocycles. The third-order valence-corrected chi connectivity index (χ3v) is 3.42. The zero-order chi connectivity index (χ0) is 15.6. The van der Waals surface area contributed by atoms with Crippen molar-refractivity contribution in [2.24, 2.45) is 7.05 Å². The van der Waals surface area contributed by atoms with Crippen LogP contribution >= 0.6 is 0 Å². The van der Waals surface area contributed by atoms with Gasteiger partial charge in [-0.25, -0.2) is 4.98 Å². The maximum absolute atomic E-state index is 12.3. The number of nitrogens with zero attached hydrogens (tertiary/aromatic N) is 4. The summed E-state index contributed by atoms with van der Waals surface area (Å²) in [6.07, 6.45) is 0. The van der Waals surface area contributed by atoms with E-state index in [0.717, 1.165) is 22.9 Å². The van der Waals surface area contributed by atoms with Gasteiger partial charge < -0.3 is 10.2 Å². The van der Waals surface area contributed by atoms with Crippen molar-refractivity contribution in [3.05, 3.63) is 40.8 Å². The molecule has 21 heavy (non-hydrogen) atoms. The van der Waals surface area contributed by atoms with Gasteiger partial charge in [0.15, 0.2) is 0 Å². The number of carbonyl (C=O) groups is 1.